The molecule has 6 nitrogen and oxygen atoms in total. The summed E-state index contributed by atoms with van der Waals surface area (Å²) in [5, 5.41) is 9.26. The van der Waals surface area contributed by atoms with Gasteiger partial charge < -0.3 is 14.0 Å². The molecule has 27 heavy (non-hydrogen) atoms. The second-order valence-corrected chi connectivity index (χ2v) is 6.04. The molecule has 0 fully saturated rings. The van der Waals surface area contributed by atoms with Crippen LogP contribution in [-0.2, 0) is 14.3 Å². The van der Waals surface area contributed by atoms with Crippen LogP contribution in [0.25, 0.3) is 11.8 Å². The Balaban J connectivity index is 2.34. The van der Waals surface area contributed by atoms with E-state index < -0.39 is 5.97 Å². The maximum absolute atomic E-state index is 12.0. The Labute approximate surface area is 158 Å². The zero-order valence-electron chi connectivity index (χ0n) is 15.9. The van der Waals surface area contributed by atoms with Crippen molar-refractivity contribution in [3.8, 4) is 17.5 Å². The Morgan fingerprint density at radius 1 is 1.22 bits per heavy atom. The summed E-state index contributed by atoms with van der Waals surface area (Å²) in [5.74, 6) is -0.295. The highest BCUT2D eigenvalue weighted by molar-refractivity contribution is 5.99. The number of hydrogen-bond donors (Lipinski definition) is 0. The lowest BCUT2D eigenvalue weighted by Crippen LogP contribution is -2.12. The Bertz CT molecular complexity index is 915. The molecule has 6 heteroatoms. The molecule has 0 unspecified atom stereocenters. The SMILES string of the molecule is CCOc1ccc(-n2c(C)cc(/C=C(\C#N)C(=O)OCC(C)=O)c2C)cc1. The molecule has 0 saturated carbocycles. The summed E-state index contributed by atoms with van der Waals surface area (Å²) in [4.78, 5) is 22.9. The molecule has 1 aromatic carbocycles. The summed E-state index contributed by atoms with van der Waals surface area (Å²) >= 11 is 0. The van der Waals surface area contributed by atoms with E-state index in [1.165, 1.54) is 13.0 Å². The van der Waals surface area contributed by atoms with Crippen LogP contribution >= 0.6 is 0 Å². The smallest absolute Gasteiger partial charge is 0.349 e. The fourth-order valence-corrected chi connectivity index (χ4v) is 2.73. The number of carbonyl (C=O) groups is 2. The van der Waals surface area contributed by atoms with Crippen molar-refractivity contribution in [3.05, 3.63) is 52.9 Å². The first-order valence-corrected chi connectivity index (χ1v) is 8.58. The van der Waals surface area contributed by atoms with E-state index in [0.29, 0.717) is 6.61 Å². The number of benzene rings is 1. The topological polar surface area (TPSA) is 81.3 Å². The predicted molar refractivity (Wildman–Crippen MR) is 102 cm³/mol. The summed E-state index contributed by atoms with van der Waals surface area (Å²) in [6.45, 7) is 7.36. The lowest BCUT2D eigenvalue weighted by atomic mass is 10.1. The number of Topliss-reactive ketones (excluding diaryl/α,β-unsaturated/α-hetero) is 1. The highest BCUT2D eigenvalue weighted by Gasteiger charge is 2.15. The van der Waals surface area contributed by atoms with Crippen molar-refractivity contribution in [1.29, 1.82) is 5.26 Å². The average molecular weight is 366 g/mol. The van der Waals surface area contributed by atoms with Crippen LogP contribution in [0, 0.1) is 25.2 Å². The largest absolute Gasteiger partial charge is 0.494 e. The molecule has 0 aliphatic heterocycles. The van der Waals surface area contributed by atoms with Gasteiger partial charge in [-0.2, -0.15) is 5.26 Å². The number of ketones is 1. The van der Waals surface area contributed by atoms with Gasteiger partial charge in [0, 0.05) is 17.1 Å². The van der Waals surface area contributed by atoms with Gasteiger partial charge in [-0.15, -0.1) is 0 Å². The van der Waals surface area contributed by atoms with E-state index in [-0.39, 0.29) is 18.0 Å². The quantitative estimate of drug-likeness (QED) is 0.425. The molecule has 2 rings (SSSR count). The second-order valence-electron chi connectivity index (χ2n) is 6.04. The van der Waals surface area contributed by atoms with Crippen LogP contribution in [0.5, 0.6) is 5.75 Å². The summed E-state index contributed by atoms with van der Waals surface area (Å²) in [6, 6.07) is 11.4. The van der Waals surface area contributed by atoms with Crippen molar-refractivity contribution in [2.45, 2.75) is 27.7 Å². The number of hydrogen-bond acceptors (Lipinski definition) is 5. The van der Waals surface area contributed by atoms with Crippen LogP contribution in [0.1, 0.15) is 30.8 Å². The van der Waals surface area contributed by atoms with Crippen molar-refractivity contribution in [2.75, 3.05) is 13.2 Å². The third kappa shape index (κ3) is 4.85. The van der Waals surface area contributed by atoms with E-state index in [1.54, 1.807) is 0 Å². The first kappa shape index (κ1) is 20.0. The van der Waals surface area contributed by atoms with Crippen LogP contribution < -0.4 is 4.74 Å². The zero-order valence-corrected chi connectivity index (χ0v) is 15.9. The van der Waals surface area contributed by atoms with E-state index in [4.69, 9.17) is 9.47 Å². The molecule has 1 heterocycles. The molecule has 0 saturated heterocycles. The highest BCUT2D eigenvalue weighted by Crippen LogP contribution is 2.24. The molecule has 0 radical (unpaired) electrons. The lowest BCUT2D eigenvalue weighted by Gasteiger charge is -2.11. The fraction of sp³-hybridized carbons (Fsp3) is 0.286. The summed E-state index contributed by atoms with van der Waals surface area (Å²) in [5.41, 5.74) is 3.37. The summed E-state index contributed by atoms with van der Waals surface area (Å²) in [7, 11) is 0. The van der Waals surface area contributed by atoms with E-state index >= 15 is 0 Å². The van der Waals surface area contributed by atoms with Gasteiger partial charge in [-0.25, -0.2) is 4.79 Å². The normalized spacial score (nSPS) is 11.0. The van der Waals surface area contributed by atoms with Gasteiger partial charge in [0.05, 0.1) is 6.61 Å². The number of aryl methyl sites for hydroxylation is 1. The van der Waals surface area contributed by atoms with Gasteiger partial charge in [0.2, 0.25) is 0 Å². The van der Waals surface area contributed by atoms with Crippen LogP contribution in [0.15, 0.2) is 35.9 Å². The van der Waals surface area contributed by atoms with Crippen LogP contribution in [0.4, 0.5) is 0 Å². The highest BCUT2D eigenvalue weighted by atomic mass is 16.5. The molecule has 1 aromatic heterocycles. The van der Waals surface area contributed by atoms with Crippen molar-refractivity contribution in [1.82, 2.24) is 4.57 Å². The molecular formula is C21H22N2O4. The van der Waals surface area contributed by atoms with Crippen LogP contribution in [0.2, 0.25) is 0 Å². The lowest BCUT2D eigenvalue weighted by molar-refractivity contribution is -0.143. The minimum absolute atomic E-state index is 0.150. The third-order valence-electron chi connectivity index (χ3n) is 3.92. The number of ether oxygens (including phenoxy) is 2. The first-order chi connectivity index (χ1) is 12.9. The standard InChI is InChI=1S/C21H22N2O4/c1-5-26-20-8-6-19(7-9-20)23-14(2)10-17(16(23)4)11-18(12-22)21(25)27-13-15(3)24/h6-11H,5,13H2,1-4H3/b18-11+. The fourth-order valence-electron chi connectivity index (χ4n) is 2.73. The van der Waals surface area contributed by atoms with Gasteiger partial charge in [-0.3, -0.25) is 4.79 Å². The van der Waals surface area contributed by atoms with Gasteiger partial charge in [0.1, 0.15) is 24.0 Å². The molecule has 0 N–H and O–H groups in total. The van der Waals surface area contributed by atoms with E-state index in [2.05, 4.69) is 0 Å². The Morgan fingerprint density at radius 2 is 1.89 bits per heavy atom. The van der Waals surface area contributed by atoms with Gasteiger partial charge in [0.15, 0.2) is 5.78 Å². The van der Waals surface area contributed by atoms with E-state index in [1.807, 2.05) is 61.7 Å². The summed E-state index contributed by atoms with van der Waals surface area (Å²) < 4.78 is 12.3. The van der Waals surface area contributed by atoms with E-state index in [0.717, 1.165) is 28.4 Å². The van der Waals surface area contributed by atoms with Gasteiger partial charge in [0.25, 0.3) is 0 Å². The molecule has 0 spiro atoms. The number of rotatable bonds is 7. The molecule has 0 aliphatic rings. The molecule has 2 aromatic rings. The predicted octanol–water partition coefficient (Wildman–Crippen LogP) is 3.53. The number of esters is 1. The van der Waals surface area contributed by atoms with E-state index in [9.17, 15) is 14.9 Å². The minimum Gasteiger partial charge on any atom is -0.494 e. The molecule has 0 aliphatic carbocycles. The van der Waals surface area contributed by atoms with Crippen molar-refractivity contribution in [2.24, 2.45) is 0 Å². The average Bonchev–Trinajstić information content (AvgIpc) is 2.92. The zero-order chi connectivity index (χ0) is 20.0. The Kier molecular flexibility index (Phi) is 6.56. The number of nitrogens with zero attached hydrogens (tertiary/aromatic N) is 2. The first-order valence-electron chi connectivity index (χ1n) is 8.58. The van der Waals surface area contributed by atoms with Gasteiger partial charge in [-0.1, -0.05) is 0 Å². The van der Waals surface area contributed by atoms with Crippen molar-refractivity contribution >= 4 is 17.8 Å². The number of carbonyl (C=O) groups excluding carboxylic acids is 2. The van der Waals surface area contributed by atoms with Crippen LogP contribution in [-0.4, -0.2) is 29.5 Å². The Hall–Kier alpha value is -3.33. The van der Waals surface area contributed by atoms with Crippen molar-refractivity contribution in [3.63, 3.8) is 0 Å². The maximum atomic E-state index is 12.0. The Morgan fingerprint density at radius 3 is 2.44 bits per heavy atom. The molecule has 0 bridgehead atoms. The third-order valence-corrected chi connectivity index (χ3v) is 3.92. The maximum Gasteiger partial charge on any atom is 0.349 e. The van der Waals surface area contributed by atoms with Crippen molar-refractivity contribution < 1.29 is 19.1 Å². The minimum atomic E-state index is -0.807. The van der Waals surface area contributed by atoms with Gasteiger partial charge >= 0.3 is 5.97 Å². The molecule has 140 valence electrons. The summed E-state index contributed by atoms with van der Waals surface area (Å²) in [6.07, 6.45) is 1.48. The molecular weight excluding hydrogens is 344 g/mol. The number of aromatic nitrogens is 1. The molecule has 0 atom stereocenters. The second kappa shape index (κ2) is 8.86. The monoisotopic (exact) mass is 366 g/mol. The number of nitriles is 1. The van der Waals surface area contributed by atoms with Gasteiger partial charge in [-0.05, 0) is 69.7 Å². The van der Waals surface area contributed by atoms with Crippen LogP contribution in [0.3, 0.4) is 0 Å². The molecule has 0 amide bonds.